The van der Waals surface area contributed by atoms with Crippen molar-refractivity contribution in [3.63, 3.8) is 0 Å². The fourth-order valence-corrected chi connectivity index (χ4v) is 3.08. The van der Waals surface area contributed by atoms with Crippen LogP contribution in [-0.4, -0.2) is 37.3 Å². The van der Waals surface area contributed by atoms with Crippen molar-refractivity contribution in [2.24, 2.45) is 0 Å². The first-order valence-electron chi connectivity index (χ1n) is 8.23. The summed E-state index contributed by atoms with van der Waals surface area (Å²) in [6.07, 6.45) is 1.67. The van der Waals surface area contributed by atoms with Gasteiger partial charge in [-0.1, -0.05) is 28.1 Å². The van der Waals surface area contributed by atoms with E-state index in [9.17, 15) is 4.79 Å². The van der Waals surface area contributed by atoms with Gasteiger partial charge in [-0.2, -0.15) is 0 Å². The summed E-state index contributed by atoms with van der Waals surface area (Å²) < 4.78 is 6.33. The highest BCUT2D eigenvalue weighted by molar-refractivity contribution is 9.10. The molecular formula is C18H21BrN4O2. The highest BCUT2D eigenvalue weighted by atomic mass is 79.9. The van der Waals surface area contributed by atoms with E-state index in [1.807, 2.05) is 43.3 Å². The molecule has 3 rings (SSSR count). The van der Waals surface area contributed by atoms with Crippen molar-refractivity contribution in [2.45, 2.75) is 13.0 Å². The minimum atomic E-state index is -0.256. The smallest absolute Gasteiger partial charge is 0.319 e. The largest absolute Gasteiger partial charge is 0.378 e. The molecule has 1 fully saturated rings. The number of aromatic nitrogens is 1. The lowest BCUT2D eigenvalue weighted by Gasteiger charge is -2.27. The minimum absolute atomic E-state index is 0.0990. The molecule has 25 heavy (non-hydrogen) atoms. The zero-order valence-electron chi connectivity index (χ0n) is 14.0. The molecular weight excluding hydrogens is 384 g/mol. The van der Waals surface area contributed by atoms with Crippen molar-refractivity contribution in [2.75, 3.05) is 36.5 Å². The van der Waals surface area contributed by atoms with Gasteiger partial charge >= 0.3 is 6.03 Å². The molecule has 0 spiro atoms. The van der Waals surface area contributed by atoms with Gasteiger partial charge in [-0.3, -0.25) is 0 Å². The quantitative estimate of drug-likeness (QED) is 0.817. The van der Waals surface area contributed by atoms with E-state index in [-0.39, 0.29) is 12.1 Å². The number of anilines is 2. The molecule has 132 valence electrons. The Bertz CT molecular complexity index is 717. The number of amides is 2. The van der Waals surface area contributed by atoms with E-state index in [4.69, 9.17) is 4.74 Å². The molecule has 1 aromatic carbocycles. The van der Waals surface area contributed by atoms with Gasteiger partial charge in [-0.05, 0) is 36.8 Å². The van der Waals surface area contributed by atoms with Gasteiger partial charge in [0.1, 0.15) is 5.82 Å². The maximum absolute atomic E-state index is 12.2. The summed E-state index contributed by atoms with van der Waals surface area (Å²) in [4.78, 5) is 18.8. The Morgan fingerprint density at radius 3 is 2.76 bits per heavy atom. The van der Waals surface area contributed by atoms with Crippen molar-refractivity contribution in [1.82, 2.24) is 10.3 Å². The minimum Gasteiger partial charge on any atom is -0.378 e. The van der Waals surface area contributed by atoms with Gasteiger partial charge in [0, 0.05) is 17.6 Å². The van der Waals surface area contributed by atoms with Gasteiger partial charge < -0.3 is 20.3 Å². The number of ether oxygens (including phenoxy) is 1. The molecule has 0 saturated carbocycles. The predicted molar refractivity (Wildman–Crippen MR) is 102 cm³/mol. The highest BCUT2D eigenvalue weighted by Crippen LogP contribution is 2.19. The molecule has 1 saturated heterocycles. The van der Waals surface area contributed by atoms with Crippen LogP contribution >= 0.6 is 15.9 Å². The number of carbonyl (C=O) groups excluding carboxylic acids is 1. The number of hydrogen-bond acceptors (Lipinski definition) is 4. The number of benzene rings is 1. The third-order valence-electron chi connectivity index (χ3n) is 4.04. The molecule has 2 N–H and O–H groups in total. The summed E-state index contributed by atoms with van der Waals surface area (Å²) in [6.45, 7) is 5.06. The third-order valence-corrected chi connectivity index (χ3v) is 4.53. The van der Waals surface area contributed by atoms with Gasteiger partial charge in [0.2, 0.25) is 0 Å². The Balaban J connectivity index is 1.55. The molecule has 0 bridgehead atoms. The highest BCUT2D eigenvalue weighted by Gasteiger charge is 2.13. The second-order valence-corrected chi connectivity index (χ2v) is 6.80. The van der Waals surface area contributed by atoms with Gasteiger partial charge in [0.15, 0.2) is 0 Å². The molecule has 7 heteroatoms. The molecule has 1 atom stereocenters. The van der Waals surface area contributed by atoms with E-state index in [0.717, 1.165) is 42.2 Å². The fraction of sp³-hybridized carbons (Fsp3) is 0.333. The molecule has 6 nitrogen and oxygen atoms in total. The monoisotopic (exact) mass is 404 g/mol. The van der Waals surface area contributed by atoms with Crippen LogP contribution in [0.1, 0.15) is 18.5 Å². The molecule has 2 amide bonds. The van der Waals surface area contributed by atoms with Crippen molar-refractivity contribution in [3.8, 4) is 0 Å². The van der Waals surface area contributed by atoms with Gasteiger partial charge in [0.05, 0.1) is 31.1 Å². The zero-order chi connectivity index (χ0) is 17.6. The number of nitrogens with zero attached hydrogens (tertiary/aromatic N) is 2. The van der Waals surface area contributed by atoms with Crippen LogP contribution in [0.3, 0.4) is 0 Å². The third kappa shape index (κ3) is 4.93. The van der Waals surface area contributed by atoms with Crippen molar-refractivity contribution in [3.05, 3.63) is 52.6 Å². The van der Waals surface area contributed by atoms with E-state index >= 15 is 0 Å². The van der Waals surface area contributed by atoms with Crippen molar-refractivity contribution >= 4 is 33.5 Å². The number of halogens is 1. The second kappa shape index (κ2) is 8.31. The Kier molecular flexibility index (Phi) is 5.88. The van der Waals surface area contributed by atoms with Crippen LogP contribution in [-0.2, 0) is 4.74 Å². The molecule has 0 aliphatic carbocycles. The van der Waals surface area contributed by atoms with E-state index in [2.05, 4.69) is 36.4 Å². The van der Waals surface area contributed by atoms with E-state index in [0.29, 0.717) is 5.69 Å². The predicted octanol–water partition coefficient (Wildman–Crippen LogP) is 3.56. The first-order chi connectivity index (χ1) is 12.1. The van der Waals surface area contributed by atoms with Gasteiger partial charge in [-0.25, -0.2) is 9.78 Å². The Hall–Kier alpha value is -2.12. The lowest BCUT2D eigenvalue weighted by Crippen LogP contribution is -2.36. The summed E-state index contributed by atoms with van der Waals surface area (Å²) in [5.74, 6) is 0.900. The van der Waals surface area contributed by atoms with Crippen LogP contribution in [0.5, 0.6) is 0 Å². The summed E-state index contributed by atoms with van der Waals surface area (Å²) >= 11 is 3.44. The van der Waals surface area contributed by atoms with Gasteiger partial charge in [0.25, 0.3) is 0 Å². The number of rotatable bonds is 4. The number of pyridine rings is 1. The number of hydrogen-bond donors (Lipinski definition) is 2. The van der Waals surface area contributed by atoms with Crippen LogP contribution < -0.4 is 15.5 Å². The molecule has 2 heterocycles. The average Bonchev–Trinajstić information content (AvgIpc) is 2.63. The molecule has 1 aromatic heterocycles. The van der Waals surface area contributed by atoms with Crippen LogP contribution in [0.15, 0.2) is 47.1 Å². The molecule has 1 unspecified atom stereocenters. The maximum Gasteiger partial charge on any atom is 0.319 e. The number of morpholine rings is 1. The lowest BCUT2D eigenvalue weighted by atomic mass is 10.1. The maximum atomic E-state index is 12.2. The molecule has 2 aromatic rings. The number of carbonyl (C=O) groups is 1. The lowest BCUT2D eigenvalue weighted by molar-refractivity contribution is 0.122. The molecule has 1 aliphatic rings. The van der Waals surface area contributed by atoms with Crippen LogP contribution in [0, 0.1) is 0 Å². The molecule has 1 aliphatic heterocycles. The normalized spacial score (nSPS) is 15.5. The van der Waals surface area contributed by atoms with E-state index in [1.54, 1.807) is 6.20 Å². The first-order valence-corrected chi connectivity index (χ1v) is 9.03. The topological polar surface area (TPSA) is 66.5 Å². The first kappa shape index (κ1) is 17.7. The fourth-order valence-electron chi connectivity index (χ4n) is 2.66. The van der Waals surface area contributed by atoms with Crippen LogP contribution in [0.25, 0.3) is 0 Å². The Labute approximate surface area is 155 Å². The SMILES string of the molecule is CC(NC(=O)Nc1ccc(N2CCOCC2)nc1)c1cccc(Br)c1. The summed E-state index contributed by atoms with van der Waals surface area (Å²) in [5.41, 5.74) is 1.70. The van der Waals surface area contributed by atoms with Gasteiger partial charge in [-0.15, -0.1) is 0 Å². The molecule has 0 radical (unpaired) electrons. The van der Waals surface area contributed by atoms with E-state index < -0.39 is 0 Å². The second-order valence-electron chi connectivity index (χ2n) is 5.88. The Morgan fingerprint density at radius 2 is 2.08 bits per heavy atom. The summed E-state index contributed by atoms with van der Waals surface area (Å²) in [6, 6.07) is 11.3. The standard InChI is InChI=1S/C18H21BrN4O2/c1-13(14-3-2-4-15(19)11-14)21-18(24)22-16-5-6-17(20-12-16)23-7-9-25-10-8-23/h2-6,11-13H,7-10H2,1H3,(H2,21,22,24). The van der Waals surface area contributed by atoms with E-state index in [1.165, 1.54) is 0 Å². The van der Waals surface area contributed by atoms with Crippen LogP contribution in [0.2, 0.25) is 0 Å². The number of nitrogens with one attached hydrogen (secondary N) is 2. The van der Waals surface area contributed by atoms with Crippen molar-refractivity contribution < 1.29 is 9.53 Å². The van der Waals surface area contributed by atoms with Crippen molar-refractivity contribution in [1.29, 1.82) is 0 Å². The zero-order valence-corrected chi connectivity index (χ0v) is 15.6. The average molecular weight is 405 g/mol. The van der Waals surface area contributed by atoms with Crippen LogP contribution in [0.4, 0.5) is 16.3 Å². The summed E-state index contributed by atoms with van der Waals surface area (Å²) in [5, 5.41) is 5.74. The summed E-state index contributed by atoms with van der Waals surface area (Å²) in [7, 11) is 0. The number of urea groups is 1. The Morgan fingerprint density at radius 1 is 1.28 bits per heavy atom.